The van der Waals surface area contributed by atoms with Gasteiger partial charge in [-0.3, -0.25) is 9.97 Å². The van der Waals surface area contributed by atoms with E-state index in [1.807, 2.05) is 59.3 Å². The molecule has 1 aliphatic rings. The first kappa shape index (κ1) is 19.4. The van der Waals surface area contributed by atoms with E-state index in [2.05, 4.69) is 20.2 Å². The molecule has 5 rings (SSSR count). The molecule has 0 aliphatic carbocycles. The zero-order valence-corrected chi connectivity index (χ0v) is 17.4. The maximum absolute atomic E-state index is 14.7. The Balaban J connectivity index is 1.62. The van der Waals surface area contributed by atoms with E-state index in [0.717, 1.165) is 17.0 Å². The highest BCUT2D eigenvalue weighted by molar-refractivity contribution is 7.80. The monoisotopic (exact) mass is 429 g/mol. The highest BCUT2D eigenvalue weighted by Gasteiger charge is 2.41. The molecule has 1 N–H and O–H groups in total. The van der Waals surface area contributed by atoms with Crippen LogP contribution in [0, 0.1) is 5.82 Å². The number of pyridine rings is 2. The van der Waals surface area contributed by atoms with Crippen molar-refractivity contribution in [3.63, 3.8) is 0 Å². The van der Waals surface area contributed by atoms with Gasteiger partial charge in [0, 0.05) is 37.0 Å². The smallest absolute Gasteiger partial charge is 0.170 e. The summed E-state index contributed by atoms with van der Waals surface area (Å²) in [6.45, 7) is 0.602. The van der Waals surface area contributed by atoms with Crippen LogP contribution in [-0.4, -0.2) is 24.5 Å². The summed E-state index contributed by atoms with van der Waals surface area (Å²) in [5.41, 5.74) is 3.41. The van der Waals surface area contributed by atoms with Crippen molar-refractivity contribution in [3.05, 3.63) is 114 Å². The van der Waals surface area contributed by atoms with E-state index >= 15 is 0 Å². The fourth-order valence-electron chi connectivity index (χ4n) is 4.08. The van der Waals surface area contributed by atoms with Crippen LogP contribution in [0.1, 0.15) is 29.0 Å². The summed E-state index contributed by atoms with van der Waals surface area (Å²) in [6, 6.07) is 20.2. The molecule has 0 amide bonds. The number of nitrogens with zero attached hydrogens (tertiary/aromatic N) is 4. The second kappa shape index (κ2) is 8.28. The second-order valence-corrected chi connectivity index (χ2v) is 7.75. The summed E-state index contributed by atoms with van der Waals surface area (Å²) in [5.74, 6) is -0.274. The Labute approximate surface area is 185 Å². The summed E-state index contributed by atoms with van der Waals surface area (Å²) in [6.07, 6.45) is 7.21. The first-order valence-electron chi connectivity index (χ1n) is 10.0. The lowest BCUT2D eigenvalue weighted by Crippen LogP contribution is -2.30. The van der Waals surface area contributed by atoms with Crippen LogP contribution in [0.25, 0.3) is 5.69 Å². The average Bonchev–Trinajstić information content (AvgIpc) is 3.40. The molecule has 7 heteroatoms. The number of benzene rings is 1. The quantitative estimate of drug-likeness (QED) is 0.471. The molecule has 5 nitrogen and oxygen atoms in total. The number of halogens is 1. The SMILES string of the molecule is Fc1ccccc1-n1cccc1[C@@H]1[C@H](c2ccccn2)NC(=S)N1Cc1ccncc1. The standard InChI is InChI=1S/C24H20FN5S/c25-18-6-1-2-8-20(18)29-15-5-9-21(29)23-22(19-7-3-4-12-27-19)28-24(31)30(23)16-17-10-13-26-14-11-17/h1-15,22-23H,16H2,(H,28,31)/t22-,23+/m0/s1. The zero-order chi connectivity index (χ0) is 21.2. The molecular weight excluding hydrogens is 409 g/mol. The Morgan fingerprint density at radius 3 is 2.52 bits per heavy atom. The first-order chi connectivity index (χ1) is 15.2. The Bertz CT molecular complexity index is 1190. The molecule has 0 unspecified atom stereocenters. The van der Waals surface area contributed by atoms with Gasteiger partial charge in [0.1, 0.15) is 5.82 Å². The fourth-order valence-corrected chi connectivity index (χ4v) is 4.39. The molecule has 1 aliphatic heterocycles. The average molecular weight is 430 g/mol. The van der Waals surface area contributed by atoms with Gasteiger partial charge in [-0.15, -0.1) is 0 Å². The van der Waals surface area contributed by atoms with Crippen LogP contribution < -0.4 is 5.32 Å². The van der Waals surface area contributed by atoms with Gasteiger partial charge in [0.05, 0.1) is 23.5 Å². The number of para-hydroxylation sites is 1. The molecule has 0 radical (unpaired) electrons. The number of hydrogen-bond acceptors (Lipinski definition) is 3. The van der Waals surface area contributed by atoms with Crippen LogP contribution in [0.5, 0.6) is 0 Å². The van der Waals surface area contributed by atoms with Crippen molar-refractivity contribution in [3.8, 4) is 5.69 Å². The van der Waals surface area contributed by atoms with Gasteiger partial charge in [-0.05, 0) is 66.3 Å². The Morgan fingerprint density at radius 1 is 0.935 bits per heavy atom. The van der Waals surface area contributed by atoms with E-state index in [4.69, 9.17) is 12.2 Å². The molecule has 0 saturated carbocycles. The van der Waals surface area contributed by atoms with E-state index in [-0.39, 0.29) is 17.9 Å². The van der Waals surface area contributed by atoms with Crippen molar-refractivity contribution in [1.29, 1.82) is 0 Å². The van der Waals surface area contributed by atoms with Gasteiger partial charge in [-0.2, -0.15) is 0 Å². The van der Waals surface area contributed by atoms with Gasteiger partial charge in [-0.1, -0.05) is 18.2 Å². The number of rotatable bonds is 5. The lowest BCUT2D eigenvalue weighted by atomic mass is 10.0. The van der Waals surface area contributed by atoms with Crippen molar-refractivity contribution >= 4 is 17.3 Å². The summed E-state index contributed by atoms with van der Waals surface area (Å²) in [4.78, 5) is 10.8. The molecule has 0 spiro atoms. The van der Waals surface area contributed by atoms with E-state index in [1.165, 1.54) is 6.07 Å². The maximum atomic E-state index is 14.7. The lowest BCUT2D eigenvalue weighted by Gasteiger charge is -2.29. The Hall–Kier alpha value is -3.58. The first-order valence-corrected chi connectivity index (χ1v) is 10.4. The van der Waals surface area contributed by atoms with Crippen LogP contribution in [-0.2, 0) is 6.54 Å². The molecule has 1 aromatic carbocycles. The molecule has 1 saturated heterocycles. The largest absolute Gasteiger partial charge is 0.352 e. The van der Waals surface area contributed by atoms with Crippen LogP contribution >= 0.6 is 12.2 Å². The van der Waals surface area contributed by atoms with Crippen molar-refractivity contribution in [2.24, 2.45) is 0 Å². The van der Waals surface area contributed by atoms with E-state index in [1.54, 1.807) is 30.7 Å². The summed E-state index contributed by atoms with van der Waals surface area (Å²) < 4.78 is 16.6. The highest BCUT2D eigenvalue weighted by atomic mass is 32.1. The minimum Gasteiger partial charge on any atom is -0.352 e. The van der Waals surface area contributed by atoms with E-state index in [0.29, 0.717) is 17.3 Å². The predicted molar refractivity (Wildman–Crippen MR) is 121 cm³/mol. The van der Waals surface area contributed by atoms with Crippen LogP contribution in [0.2, 0.25) is 0 Å². The number of nitrogens with one attached hydrogen (secondary N) is 1. The molecule has 3 aromatic heterocycles. The third-order valence-corrected chi connectivity index (χ3v) is 5.85. The van der Waals surface area contributed by atoms with Crippen molar-refractivity contribution in [2.45, 2.75) is 18.6 Å². The van der Waals surface area contributed by atoms with Gasteiger partial charge >= 0.3 is 0 Å². The van der Waals surface area contributed by atoms with Crippen molar-refractivity contribution < 1.29 is 4.39 Å². The normalized spacial score (nSPS) is 18.2. The predicted octanol–water partition coefficient (Wildman–Crippen LogP) is 4.58. The molecule has 4 aromatic rings. The molecule has 4 heterocycles. The van der Waals surface area contributed by atoms with Gasteiger partial charge < -0.3 is 14.8 Å². The minimum atomic E-state index is -0.274. The second-order valence-electron chi connectivity index (χ2n) is 7.36. The minimum absolute atomic E-state index is 0.170. The topological polar surface area (TPSA) is 46.0 Å². The van der Waals surface area contributed by atoms with Crippen LogP contribution in [0.3, 0.4) is 0 Å². The molecular formula is C24H20FN5S. The van der Waals surface area contributed by atoms with Crippen molar-refractivity contribution in [1.82, 2.24) is 24.8 Å². The highest BCUT2D eigenvalue weighted by Crippen LogP contribution is 2.40. The van der Waals surface area contributed by atoms with Crippen LogP contribution in [0.15, 0.2) is 91.5 Å². The molecule has 154 valence electrons. The van der Waals surface area contributed by atoms with Gasteiger partial charge in [0.15, 0.2) is 5.11 Å². The van der Waals surface area contributed by atoms with E-state index in [9.17, 15) is 4.39 Å². The summed E-state index contributed by atoms with van der Waals surface area (Å²) >= 11 is 5.74. The Kier molecular flexibility index (Phi) is 5.18. The van der Waals surface area contributed by atoms with Gasteiger partial charge in [0.25, 0.3) is 0 Å². The maximum Gasteiger partial charge on any atom is 0.170 e. The summed E-state index contributed by atoms with van der Waals surface area (Å²) in [5, 5.41) is 4.08. The number of aromatic nitrogens is 3. The van der Waals surface area contributed by atoms with E-state index < -0.39 is 0 Å². The fraction of sp³-hybridized carbons (Fsp3) is 0.125. The molecule has 31 heavy (non-hydrogen) atoms. The molecule has 2 atom stereocenters. The zero-order valence-electron chi connectivity index (χ0n) is 16.6. The molecule has 1 fully saturated rings. The molecule has 0 bridgehead atoms. The van der Waals surface area contributed by atoms with Gasteiger partial charge in [0.2, 0.25) is 0 Å². The third kappa shape index (κ3) is 3.68. The number of hydrogen-bond donors (Lipinski definition) is 1. The summed E-state index contributed by atoms with van der Waals surface area (Å²) in [7, 11) is 0. The van der Waals surface area contributed by atoms with Crippen molar-refractivity contribution in [2.75, 3.05) is 0 Å². The third-order valence-electron chi connectivity index (χ3n) is 5.50. The van der Waals surface area contributed by atoms with Gasteiger partial charge in [-0.25, -0.2) is 4.39 Å². The lowest BCUT2D eigenvalue weighted by molar-refractivity contribution is 0.302. The van der Waals surface area contributed by atoms with Crippen LogP contribution in [0.4, 0.5) is 4.39 Å². The number of thiocarbonyl (C=S) groups is 1. The Morgan fingerprint density at radius 2 is 1.74 bits per heavy atom.